The van der Waals surface area contributed by atoms with Crippen LogP contribution in [0.15, 0.2) is 58.9 Å². The highest BCUT2D eigenvalue weighted by molar-refractivity contribution is 7.92. The number of thiazole rings is 1. The second-order valence-corrected chi connectivity index (χ2v) is 10.5. The molecule has 9 heteroatoms. The van der Waals surface area contributed by atoms with E-state index in [1.165, 1.54) is 35.6 Å². The highest BCUT2D eigenvalue weighted by Crippen LogP contribution is 2.37. The van der Waals surface area contributed by atoms with Crippen LogP contribution in [0, 0.1) is 0 Å². The smallest absolute Gasteiger partial charge is 0.279 e. The fraction of sp³-hybridized carbons (Fsp3) is 0.238. The van der Waals surface area contributed by atoms with Gasteiger partial charge in [0.2, 0.25) is 6.79 Å². The van der Waals surface area contributed by atoms with Crippen LogP contribution in [0.1, 0.15) is 24.2 Å². The Hall–Kier alpha value is -2.91. The zero-order valence-corrected chi connectivity index (χ0v) is 18.1. The van der Waals surface area contributed by atoms with E-state index in [4.69, 9.17) is 9.47 Å². The summed E-state index contributed by atoms with van der Waals surface area (Å²) in [5, 5.41) is -0.533. The third-order valence-electron chi connectivity index (χ3n) is 4.74. The van der Waals surface area contributed by atoms with Crippen LogP contribution >= 0.6 is 11.3 Å². The number of fused-ring (bicyclic) bond motifs is 2. The van der Waals surface area contributed by atoms with Gasteiger partial charge < -0.3 is 14.0 Å². The van der Waals surface area contributed by atoms with E-state index in [-0.39, 0.29) is 11.7 Å². The van der Waals surface area contributed by atoms with Crippen molar-refractivity contribution in [1.82, 2.24) is 4.57 Å². The lowest BCUT2D eigenvalue weighted by molar-refractivity contribution is 0.0997. The Kier molecular flexibility index (Phi) is 5.25. The van der Waals surface area contributed by atoms with Gasteiger partial charge in [-0.3, -0.25) is 4.79 Å². The molecule has 0 spiro atoms. The van der Waals surface area contributed by atoms with Crippen molar-refractivity contribution in [2.75, 3.05) is 6.79 Å². The second-order valence-electron chi connectivity index (χ2n) is 6.99. The van der Waals surface area contributed by atoms with Crippen molar-refractivity contribution in [2.24, 2.45) is 4.99 Å². The molecule has 7 nitrogen and oxygen atoms in total. The first kappa shape index (κ1) is 20.4. The van der Waals surface area contributed by atoms with Gasteiger partial charge in [-0.1, -0.05) is 17.4 Å². The summed E-state index contributed by atoms with van der Waals surface area (Å²) in [5.74, 6) is 0.861. The van der Waals surface area contributed by atoms with E-state index < -0.39 is 21.0 Å². The van der Waals surface area contributed by atoms with Gasteiger partial charge in [-0.15, -0.1) is 6.58 Å². The van der Waals surface area contributed by atoms with E-state index in [2.05, 4.69) is 11.6 Å². The fourth-order valence-corrected chi connectivity index (χ4v) is 5.17. The number of allylic oxidation sites excluding steroid dienone is 1. The number of aromatic nitrogens is 1. The zero-order valence-electron chi connectivity index (χ0n) is 16.5. The number of nitrogens with zero attached hydrogens (tertiary/aromatic N) is 2. The summed E-state index contributed by atoms with van der Waals surface area (Å²) in [7, 11) is -3.39. The van der Waals surface area contributed by atoms with Gasteiger partial charge in [0.25, 0.3) is 5.91 Å². The summed E-state index contributed by atoms with van der Waals surface area (Å²) < 4.78 is 38.2. The molecule has 0 N–H and O–H groups in total. The van der Waals surface area contributed by atoms with Crippen molar-refractivity contribution >= 4 is 37.3 Å². The molecule has 156 valence electrons. The van der Waals surface area contributed by atoms with E-state index in [1.54, 1.807) is 19.9 Å². The van der Waals surface area contributed by atoms with E-state index in [0.29, 0.717) is 28.4 Å². The molecule has 3 aromatic rings. The van der Waals surface area contributed by atoms with Gasteiger partial charge >= 0.3 is 0 Å². The molecule has 2 aromatic carbocycles. The number of carbonyl (C=O) groups is 1. The molecule has 0 fully saturated rings. The molecule has 0 saturated heterocycles. The lowest BCUT2D eigenvalue weighted by Gasteiger charge is -2.07. The first-order valence-electron chi connectivity index (χ1n) is 9.28. The average Bonchev–Trinajstić information content (AvgIpc) is 3.30. The number of benzene rings is 2. The molecule has 2 heterocycles. The molecule has 1 aromatic heterocycles. The van der Waals surface area contributed by atoms with E-state index in [0.717, 1.165) is 10.2 Å². The molecule has 0 unspecified atom stereocenters. The lowest BCUT2D eigenvalue weighted by atomic mass is 10.2. The number of hydrogen-bond donors (Lipinski definition) is 0. The minimum Gasteiger partial charge on any atom is -0.454 e. The van der Waals surface area contributed by atoms with Crippen molar-refractivity contribution in [3.05, 3.63) is 59.4 Å². The van der Waals surface area contributed by atoms with E-state index in [1.807, 2.05) is 16.7 Å². The van der Waals surface area contributed by atoms with Crippen LogP contribution in [0.3, 0.4) is 0 Å². The van der Waals surface area contributed by atoms with Crippen LogP contribution in [0.4, 0.5) is 0 Å². The number of sulfone groups is 1. The van der Waals surface area contributed by atoms with Crippen molar-refractivity contribution in [3.8, 4) is 11.5 Å². The monoisotopic (exact) mass is 444 g/mol. The Morgan fingerprint density at radius 1 is 1.23 bits per heavy atom. The Morgan fingerprint density at radius 3 is 2.53 bits per heavy atom. The maximum atomic E-state index is 12.7. The summed E-state index contributed by atoms with van der Waals surface area (Å²) in [6.07, 6.45) is 1.73. The van der Waals surface area contributed by atoms with Gasteiger partial charge in [-0.2, -0.15) is 4.99 Å². The normalized spacial score (nSPS) is 13.9. The zero-order chi connectivity index (χ0) is 21.5. The third kappa shape index (κ3) is 3.54. The average molecular weight is 445 g/mol. The van der Waals surface area contributed by atoms with Gasteiger partial charge in [0, 0.05) is 24.2 Å². The number of rotatable bonds is 5. The first-order chi connectivity index (χ1) is 14.3. The number of amides is 1. The predicted octanol–water partition coefficient (Wildman–Crippen LogP) is 3.54. The molecule has 1 aliphatic rings. The summed E-state index contributed by atoms with van der Waals surface area (Å²) in [4.78, 5) is 17.7. The van der Waals surface area contributed by atoms with Crippen LogP contribution in [0.25, 0.3) is 10.2 Å². The molecule has 4 rings (SSSR count). The molecule has 0 bridgehead atoms. The molecule has 1 amide bonds. The first-order valence-corrected chi connectivity index (χ1v) is 11.6. The largest absolute Gasteiger partial charge is 0.454 e. The Bertz CT molecular complexity index is 1320. The van der Waals surface area contributed by atoms with Crippen molar-refractivity contribution in [2.45, 2.75) is 30.5 Å². The molecule has 30 heavy (non-hydrogen) atoms. The molecule has 0 atom stereocenters. The number of hydrogen-bond acceptors (Lipinski definition) is 6. The van der Waals surface area contributed by atoms with Crippen molar-refractivity contribution < 1.29 is 22.7 Å². The van der Waals surface area contributed by atoms with Gasteiger partial charge in [-0.25, -0.2) is 8.42 Å². The van der Waals surface area contributed by atoms with Gasteiger partial charge in [0.1, 0.15) is 0 Å². The summed E-state index contributed by atoms with van der Waals surface area (Å²) in [6, 6.07) is 9.61. The maximum Gasteiger partial charge on any atom is 0.279 e. The minimum absolute atomic E-state index is 0.187. The Labute approximate surface area is 177 Å². The minimum atomic E-state index is -3.39. The van der Waals surface area contributed by atoms with Crippen molar-refractivity contribution in [1.29, 1.82) is 0 Å². The maximum absolute atomic E-state index is 12.7. The lowest BCUT2D eigenvalue weighted by Crippen LogP contribution is -2.16. The van der Waals surface area contributed by atoms with E-state index in [9.17, 15) is 13.2 Å². The summed E-state index contributed by atoms with van der Waals surface area (Å²) in [5.41, 5.74) is 1.18. The predicted molar refractivity (Wildman–Crippen MR) is 115 cm³/mol. The topological polar surface area (TPSA) is 87.0 Å². The molecule has 0 radical (unpaired) electrons. The van der Waals surface area contributed by atoms with Crippen LogP contribution in [0.2, 0.25) is 0 Å². The highest BCUT2D eigenvalue weighted by atomic mass is 32.2. The van der Waals surface area contributed by atoms with Gasteiger partial charge in [0.15, 0.2) is 26.1 Å². The Morgan fingerprint density at radius 2 is 1.90 bits per heavy atom. The molecule has 0 saturated carbocycles. The standard InChI is InChI=1S/C21H20N2O5S2/c1-4-9-23-16-10-17-18(28-12-27-17)11-19(16)29-21(23)22-20(24)14-5-7-15(8-6-14)30(25,26)13(2)3/h4-8,10-11,13H,1,9,12H2,2-3H3. The van der Waals surface area contributed by atoms with Crippen LogP contribution in [0.5, 0.6) is 11.5 Å². The molecular weight excluding hydrogens is 424 g/mol. The summed E-state index contributed by atoms with van der Waals surface area (Å²) >= 11 is 1.36. The summed E-state index contributed by atoms with van der Waals surface area (Å²) in [6.45, 7) is 7.68. The van der Waals surface area contributed by atoms with Crippen LogP contribution in [-0.2, 0) is 16.4 Å². The van der Waals surface area contributed by atoms with E-state index >= 15 is 0 Å². The molecular formula is C21H20N2O5S2. The Balaban J connectivity index is 1.74. The SMILES string of the molecule is C=CCn1c(=NC(=O)c2ccc(S(=O)(=O)C(C)C)cc2)sc2cc3c(cc21)OCO3. The van der Waals surface area contributed by atoms with Gasteiger partial charge in [0.05, 0.1) is 20.4 Å². The fourth-order valence-electron chi connectivity index (χ4n) is 3.06. The second kappa shape index (κ2) is 7.73. The van der Waals surface area contributed by atoms with Gasteiger partial charge in [-0.05, 0) is 38.1 Å². The molecule has 0 aliphatic carbocycles. The third-order valence-corrected chi connectivity index (χ3v) is 7.95. The molecule has 1 aliphatic heterocycles. The van der Waals surface area contributed by atoms with Crippen LogP contribution in [-0.4, -0.2) is 30.9 Å². The number of ether oxygens (including phenoxy) is 2. The highest BCUT2D eigenvalue weighted by Gasteiger charge is 2.20. The quantitative estimate of drug-likeness (QED) is 0.562. The van der Waals surface area contributed by atoms with Crippen molar-refractivity contribution in [3.63, 3.8) is 0 Å². The van der Waals surface area contributed by atoms with Crippen LogP contribution < -0.4 is 14.3 Å². The number of carbonyl (C=O) groups excluding carboxylic acids is 1.